The van der Waals surface area contributed by atoms with Crippen LogP contribution in [0.4, 0.5) is 0 Å². The quantitative estimate of drug-likeness (QED) is 0.147. The Morgan fingerprint density at radius 2 is 1.83 bits per heavy atom. The molecule has 16 heteroatoms. The van der Waals surface area contributed by atoms with Gasteiger partial charge in [0.15, 0.2) is 0 Å². The van der Waals surface area contributed by atoms with Crippen molar-refractivity contribution in [2.24, 2.45) is 11.7 Å². The zero-order valence-corrected chi connectivity index (χ0v) is 23.7. The smallest absolute Gasteiger partial charge is 0.462 e. The number of esters is 2. The Bertz CT molecular complexity index is 1010. The zero-order chi connectivity index (χ0) is 27.6. The third-order valence-electron chi connectivity index (χ3n) is 4.50. The summed E-state index contributed by atoms with van der Waals surface area (Å²) in [7, 11) is -2.60. The fourth-order valence-corrected chi connectivity index (χ4v) is 3.93. The highest BCUT2D eigenvalue weighted by atomic mass is 79.9. The molecule has 0 aromatic carbocycles. The lowest BCUT2D eigenvalue weighted by molar-refractivity contribution is -0.160. The molecule has 0 fully saturated rings. The van der Waals surface area contributed by atoms with Gasteiger partial charge in [0.1, 0.15) is 31.0 Å². The van der Waals surface area contributed by atoms with Crippen molar-refractivity contribution in [3.8, 4) is 0 Å². The third kappa shape index (κ3) is 10.8. The van der Waals surface area contributed by atoms with Crippen molar-refractivity contribution in [1.82, 2.24) is 14.6 Å². The number of aromatic nitrogens is 2. The molecule has 13 nitrogen and oxygen atoms in total. The molecule has 1 aromatic heterocycles. The molecule has 0 aliphatic carbocycles. The molecular weight excluding hydrogens is 587 g/mol. The van der Waals surface area contributed by atoms with Crippen LogP contribution in [0, 0.1) is 5.92 Å². The van der Waals surface area contributed by atoms with Gasteiger partial charge in [0, 0.05) is 17.6 Å². The highest BCUT2D eigenvalue weighted by Crippen LogP contribution is 2.24. The second-order valence-corrected chi connectivity index (χ2v) is 10.4. The van der Waals surface area contributed by atoms with Crippen LogP contribution in [-0.4, -0.2) is 63.3 Å². The number of nitrogens with two attached hydrogens (primary N) is 1. The van der Waals surface area contributed by atoms with Crippen LogP contribution in [0.15, 0.2) is 21.9 Å². The lowest BCUT2D eigenvalue weighted by atomic mass is 10.1. The number of aromatic amines is 1. The van der Waals surface area contributed by atoms with Gasteiger partial charge in [0.25, 0.3) is 5.56 Å². The lowest BCUT2D eigenvalue weighted by Gasteiger charge is -2.27. The molecule has 3 unspecified atom stereocenters. The number of hydrogen-bond acceptors (Lipinski definition) is 10. The van der Waals surface area contributed by atoms with Gasteiger partial charge < -0.3 is 19.9 Å². The van der Waals surface area contributed by atoms with Crippen LogP contribution in [-0.2, 0) is 32.9 Å². The second-order valence-electron chi connectivity index (χ2n) is 8.25. The largest absolute Gasteiger partial charge is 0.613 e. The van der Waals surface area contributed by atoms with Gasteiger partial charge in [-0.3, -0.25) is 23.9 Å². The molecule has 0 aliphatic heterocycles. The molecule has 4 N–H and O–H groups in total. The number of hydrogen-bond donors (Lipinski definition) is 3. The topological polar surface area (TPSA) is 181 Å². The molecule has 0 aliphatic rings. The van der Waals surface area contributed by atoms with E-state index in [1.807, 2.05) is 0 Å². The van der Waals surface area contributed by atoms with Gasteiger partial charge in [-0.25, -0.2) is 4.79 Å². The molecule has 0 bridgehead atoms. The second kappa shape index (κ2) is 15.6. The average molecular weight is 619 g/mol. The van der Waals surface area contributed by atoms with E-state index in [1.54, 1.807) is 27.7 Å². The Kier molecular flexibility index (Phi) is 14.0. The Hall–Kier alpha value is -1.67. The van der Waals surface area contributed by atoms with Crippen molar-refractivity contribution in [3.05, 3.63) is 33.1 Å². The molecule has 1 heterocycles. The fourth-order valence-electron chi connectivity index (χ4n) is 2.47. The van der Waals surface area contributed by atoms with E-state index in [0.717, 1.165) is 10.6 Å². The number of nitrogens with one attached hydrogen (secondary N) is 2. The summed E-state index contributed by atoms with van der Waals surface area (Å²) in [6, 6.07) is -0.795. The number of rotatable bonds is 15. The van der Waals surface area contributed by atoms with E-state index in [0.29, 0.717) is 0 Å². The van der Waals surface area contributed by atoms with Crippen LogP contribution in [0.1, 0.15) is 40.8 Å². The summed E-state index contributed by atoms with van der Waals surface area (Å²) in [5.74, 6) is -1.67. The first-order valence-corrected chi connectivity index (χ1v) is 13.7. The summed E-state index contributed by atoms with van der Waals surface area (Å²) in [5.41, 5.74) is 2.98. The third-order valence-corrected chi connectivity index (χ3v) is 6.40. The first kappa shape index (κ1) is 32.4. The van der Waals surface area contributed by atoms with Crippen LogP contribution in [0.3, 0.4) is 0 Å². The van der Waals surface area contributed by atoms with E-state index >= 15 is 0 Å². The van der Waals surface area contributed by atoms with Gasteiger partial charge in [-0.2, -0.15) is 0 Å². The SMILES string of the molecule is CC(C)OC(=O)[C@@H](C)N[P+](=O)OC[C@@H](OC(CBr)n1ccc(=O)[nH]c1=O)[C@H](Cl)OC(=O)C(N)C(C)C. The molecule has 6 atom stereocenters. The summed E-state index contributed by atoms with van der Waals surface area (Å²) in [6.07, 6.45) is -1.44. The molecular formula is C20H32BrClN4O9P+. The highest BCUT2D eigenvalue weighted by molar-refractivity contribution is 9.09. The zero-order valence-electron chi connectivity index (χ0n) is 20.5. The number of carbonyl (C=O) groups is 2. The Morgan fingerprint density at radius 3 is 2.36 bits per heavy atom. The van der Waals surface area contributed by atoms with Gasteiger partial charge in [-0.15, -0.1) is 4.52 Å². The highest BCUT2D eigenvalue weighted by Gasteiger charge is 2.35. The Labute approximate surface area is 222 Å². The molecule has 1 rings (SSSR count). The lowest BCUT2D eigenvalue weighted by Crippen LogP contribution is -2.43. The molecule has 0 saturated heterocycles. The van der Waals surface area contributed by atoms with Gasteiger partial charge in [0.2, 0.25) is 5.56 Å². The normalized spacial score (nSPS) is 16.2. The summed E-state index contributed by atoms with van der Waals surface area (Å²) in [4.78, 5) is 49.9. The van der Waals surface area contributed by atoms with Crippen molar-refractivity contribution >= 4 is 47.6 Å². The monoisotopic (exact) mass is 617 g/mol. The fraction of sp³-hybridized carbons (Fsp3) is 0.700. The first-order chi connectivity index (χ1) is 16.8. The number of halogens is 2. The van der Waals surface area contributed by atoms with Crippen molar-refractivity contribution in [1.29, 1.82) is 0 Å². The van der Waals surface area contributed by atoms with E-state index in [4.69, 9.17) is 36.1 Å². The molecule has 0 amide bonds. The predicted octanol–water partition coefficient (Wildman–Crippen LogP) is 1.51. The van der Waals surface area contributed by atoms with E-state index < -0.39 is 68.0 Å². The standard InChI is InChI=1S/C20H31BrClN4O9P/c1-10(2)16(23)19(29)35-17(22)13(9-32-36(31)25-12(5)18(28)33-11(3)4)34-15(8-21)26-7-6-14(27)24-20(26)30/h6-7,10-13,15-17H,8-9,23H2,1-5H3,(H-,24,25,27,30,31)/p+1/t12-,13-,15?,16?,17-/m1/s1. The van der Waals surface area contributed by atoms with Crippen LogP contribution < -0.4 is 22.1 Å². The van der Waals surface area contributed by atoms with Crippen LogP contribution >= 0.6 is 35.7 Å². The summed E-state index contributed by atoms with van der Waals surface area (Å²) >= 11 is 9.50. The average Bonchev–Trinajstić information content (AvgIpc) is 2.78. The van der Waals surface area contributed by atoms with E-state index in [1.165, 1.54) is 13.1 Å². The molecule has 1 aromatic rings. The van der Waals surface area contributed by atoms with Crippen molar-refractivity contribution < 1.29 is 32.9 Å². The minimum atomic E-state index is -2.60. The maximum absolute atomic E-state index is 12.4. The summed E-state index contributed by atoms with van der Waals surface area (Å²) < 4.78 is 34.8. The number of H-pyrrole nitrogens is 1. The van der Waals surface area contributed by atoms with Crippen LogP contribution in [0.2, 0.25) is 0 Å². The molecule has 0 spiro atoms. The van der Waals surface area contributed by atoms with Gasteiger partial charge >= 0.3 is 25.8 Å². The van der Waals surface area contributed by atoms with E-state index in [-0.39, 0.29) is 17.4 Å². The molecule has 0 radical (unpaired) electrons. The maximum atomic E-state index is 12.4. The maximum Gasteiger partial charge on any atom is 0.613 e. The van der Waals surface area contributed by atoms with Gasteiger partial charge in [0.05, 0.1) is 6.10 Å². The number of ether oxygens (including phenoxy) is 3. The van der Waals surface area contributed by atoms with Crippen molar-refractivity contribution in [2.45, 2.75) is 70.7 Å². The minimum absolute atomic E-state index is 0.0565. The number of carbonyl (C=O) groups excluding carboxylic acids is 2. The molecule has 204 valence electrons. The summed E-state index contributed by atoms with van der Waals surface area (Å²) in [5, 5.41) is 2.51. The Balaban J connectivity index is 3.02. The summed E-state index contributed by atoms with van der Waals surface area (Å²) in [6.45, 7) is 7.75. The minimum Gasteiger partial charge on any atom is -0.462 e. The van der Waals surface area contributed by atoms with Gasteiger partial charge in [-0.05, 0) is 31.3 Å². The molecule has 36 heavy (non-hydrogen) atoms. The first-order valence-electron chi connectivity index (χ1n) is 11.0. The number of nitrogens with zero attached hydrogens (tertiary/aromatic N) is 1. The Morgan fingerprint density at radius 1 is 1.19 bits per heavy atom. The van der Waals surface area contributed by atoms with Gasteiger partial charge in [-0.1, -0.05) is 46.5 Å². The van der Waals surface area contributed by atoms with Crippen LogP contribution in [0.25, 0.3) is 0 Å². The van der Waals surface area contributed by atoms with Crippen molar-refractivity contribution in [2.75, 3.05) is 11.9 Å². The van der Waals surface area contributed by atoms with E-state index in [2.05, 4.69) is 26.0 Å². The van der Waals surface area contributed by atoms with E-state index in [9.17, 15) is 23.7 Å². The predicted molar refractivity (Wildman–Crippen MR) is 135 cm³/mol. The molecule has 0 saturated carbocycles. The number of alkyl halides is 2. The van der Waals surface area contributed by atoms with Crippen molar-refractivity contribution in [3.63, 3.8) is 0 Å². The van der Waals surface area contributed by atoms with Crippen LogP contribution in [0.5, 0.6) is 0 Å².